The molecule has 0 aromatic rings. The van der Waals surface area contributed by atoms with E-state index < -0.39 is 27.4 Å². The molecule has 0 bridgehead atoms. The van der Waals surface area contributed by atoms with E-state index in [-0.39, 0.29) is 12.3 Å². The van der Waals surface area contributed by atoms with Crippen molar-refractivity contribution in [3.63, 3.8) is 0 Å². The second kappa shape index (κ2) is 22.4. The topological polar surface area (TPSA) is 78.0 Å². The molecule has 0 aliphatic rings. The zero-order valence-corrected chi connectivity index (χ0v) is 29.1. The molecule has 39 heavy (non-hydrogen) atoms. The maximum absolute atomic E-state index is 13.9. The third-order valence-corrected chi connectivity index (χ3v) is 18.0. The Balaban J connectivity index is 6.33. The highest BCUT2D eigenvalue weighted by Crippen LogP contribution is 2.66. The Hall–Kier alpha value is -0.150. The quantitative estimate of drug-likeness (QED) is 0.0617. The first-order chi connectivity index (χ1) is 18.6. The Bertz CT molecular complexity index is 815. The Labute approximate surface area is 250 Å². The molecule has 0 rings (SSSR count). The van der Waals surface area contributed by atoms with E-state index in [9.17, 15) is 18.0 Å². The van der Waals surface area contributed by atoms with Crippen molar-refractivity contribution >= 4 is 50.6 Å². The molecule has 7 nitrogen and oxygen atoms in total. The lowest BCUT2D eigenvalue weighted by Crippen LogP contribution is -2.47. The van der Waals surface area contributed by atoms with Gasteiger partial charge in [0.25, 0.3) is 0 Å². The van der Waals surface area contributed by atoms with Gasteiger partial charge in [0, 0.05) is 31.9 Å². The Kier molecular flexibility index (Phi) is 22.4. The molecule has 0 saturated carbocycles. The molecule has 0 aliphatic heterocycles. The van der Waals surface area contributed by atoms with Gasteiger partial charge in [-0.05, 0) is 50.8 Å². The number of carbonyl (C=O) groups excluding carboxylic acids is 2. The first-order valence-electron chi connectivity index (χ1n) is 15.5. The second-order valence-electron chi connectivity index (χ2n) is 10.2. The lowest BCUT2D eigenvalue weighted by Gasteiger charge is -2.41. The fourth-order valence-corrected chi connectivity index (χ4v) is 15.9. The Morgan fingerprint density at radius 1 is 0.667 bits per heavy atom. The van der Waals surface area contributed by atoms with Crippen LogP contribution in [0.15, 0.2) is 0 Å². The first-order valence-corrected chi connectivity index (χ1v) is 21.4. The summed E-state index contributed by atoms with van der Waals surface area (Å²) in [5, 5.41) is 0. The molecule has 2 amide bonds. The normalized spacial score (nSPS) is 13.4. The zero-order valence-electron chi connectivity index (χ0n) is 25.8. The smallest absolute Gasteiger partial charge is 0.317 e. The monoisotopic (exact) mass is 627 g/mol. The molecule has 1 unspecified atom stereocenters. The average molecular weight is 628 g/mol. The van der Waals surface area contributed by atoms with Crippen LogP contribution < -0.4 is 0 Å². The van der Waals surface area contributed by atoms with Crippen LogP contribution >= 0.6 is 16.9 Å². The summed E-state index contributed by atoms with van der Waals surface area (Å²) >= 11 is 7.64. The molecule has 0 fully saturated rings. The number of amides is 2. The van der Waals surface area contributed by atoms with E-state index >= 15 is 0 Å². The molecule has 11 heteroatoms. The summed E-state index contributed by atoms with van der Waals surface area (Å²) < 4.78 is 30.3. The number of likely N-dealkylation sites (N-methyl/N-ethyl adjacent to an activating group) is 1. The van der Waals surface area contributed by atoms with Crippen molar-refractivity contribution in [2.75, 3.05) is 37.7 Å². The van der Waals surface area contributed by atoms with Crippen molar-refractivity contribution in [1.82, 2.24) is 13.6 Å². The van der Waals surface area contributed by atoms with Crippen LogP contribution in [-0.2, 0) is 31.4 Å². The zero-order chi connectivity index (χ0) is 29.7. The SMILES string of the molecule is CCCCCCN(CCCCCC)C(=O)C(=O)N(CC)P(=S)(SCCC)N(CCCCC)S(=O)(=O)CCCC. The molecule has 0 N–H and O–H groups in total. The van der Waals surface area contributed by atoms with E-state index in [4.69, 9.17) is 11.8 Å². The second-order valence-corrected chi connectivity index (χ2v) is 19.6. The summed E-state index contributed by atoms with van der Waals surface area (Å²) in [5.74, 6) is -0.515. The third kappa shape index (κ3) is 14.0. The highest BCUT2D eigenvalue weighted by atomic mass is 32.9. The van der Waals surface area contributed by atoms with Gasteiger partial charge in [0.1, 0.15) is 0 Å². The van der Waals surface area contributed by atoms with E-state index in [1.54, 1.807) is 4.90 Å². The summed E-state index contributed by atoms with van der Waals surface area (Å²) in [6.45, 7) is 13.8. The lowest BCUT2D eigenvalue weighted by molar-refractivity contribution is -0.149. The summed E-state index contributed by atoms with van der Waals surface area (Å²) in [7, 11) is -3.69. The molecule has 0 heterocycles. The van der Waals surface area contributed by atoms with Crippen molar-refractivity contribution < 1.29 is 18.0 Å². The molecule has 0 saturated heterocycles. The van der Waals surface area contributed by atoms with Gasteiger partial charge in [-0.1, -0.05) is 104 Å². The number of sulfonamides is 1. The van der Waals surface area contributed by atoms with E-state index in [1.807, 2.05) is 20.8 Å². The van der Waals surface area contributed by atoms with Crippen molar-refractivity contribution in [3.8, 4) is 0 Å². The number of unbranched alkanes of at least 4 members (excludes halogenated alkanes) is 9. The van der Waals surface area contributed by atoms with Crippen LogP contribution in [0.2, 0.25) is 0 Å². The molecule has 0 aromatic carbocycles. The highest BCUT2D eigenvalue weighted by Gasteiger charge is 2.43. The first kappa shape index (κ1) is 38.9. The van der Waals surface area contributed by atoms with Gasteiger partial charge in [0.05, 0.1) is 5.75 Å². The van der Waals surface area contributed by atoms with Gasteiger partial charge in [0.2, 0.25) is 10.0 Å². The molecular formula is C28H58N3O4PS3. The van der Waals surface area contributed by atoms with Crippen LogP contribution in [-0.4, -0.2) is 71.6 Å². The van der Waals surface area contributed by atoms with E-state index in [0.29, 0.717) is 38.2 Å². The summed E-state index contributed by atoms with van der Waals surface area (Å²) in [4.78, 5) is 29.4. The van der Waals surface area contributed by atoms with E-state index in [1.165, 1.54) is 20.1 Å². The number of carbonyl (C=O) groups is 2. The van der Waals surface area contributed by atoms with Crippen LogP contribution in [0.4, 0.5) is 0 Å². The van der Waals surface area contributed by atoms with Gasteiger partial charge in [-0.2, -0.15) is 0 Å². The van der Waals surface area contributed by atoms with Crippen molar-refractivity contribution in [1.29, 1.82) is 0 Å². The molecule has 0 spiro atoms. The number of nitrogens with zero attached hydrogens (tertiary/aromatic N) is 3. The van der Waals surface area contributed by atoms with Crippen molar-refractivity contribution in [2.24, 2.45) is 0 Å². The predicted octanol–water partition coefficient (Wildman–Crippen LogP) is 7.81. The van der Waals surface area contributed by atoms with Gasteiger partial charge in [-0.15, -0.1) is 4.08 Å². The van der Waals surface area contributed by atoms with Crippen molar-refractivity contribution in [2.45, 2.75) is 131 Å². The third-order valence-electron chi connectivity index (χ3n) is 6.65. The number of hydrogen-bond acceptors (Lipinski definition) is 6. The van der Waals surface area contributed by atoms with Gasteiger partial charge in [-0.3, -0.25) is 14.3 Å². The number of hydrogen-bond donors (Lipinski definition) is 0. The van der Waals surface area contributed by atoms with Gasteiger partial charge < -0.3 is 4.90 Å². The predicted molar refractivity (Wildman–Crippen MR) is 174 cm³/mol. The fourth-order valence-electron chi connectivity index (χ4n) is 4.27. The lowest BCUT2D eigenvalue weighted by atomic mass is 10.1. The molecule has 0 aliphatic carbocycles. The minimum Gasteiger partial charge on any atom is -0.334 e. The van der Waals surface area contributed by atoms with E-state index in [2.05, 4.69) is 20.8 Å². The minimum absolute atomic E-state index is 0.0153. The summed E-state index contributed by atoms with van der Waals surface area (Å²) in [6, 6.07) is 0. The maximum Gasteiger partial charge on any atom is 0.317 e. The minimum atomic E-state index is -3.69. The molecule has 0 aromatic heterocycles. The maximum atomic E-state index is 13.9. The van der Waals surface area contributed by atoms with Crippen LogP contribution in [0.1, 0.15) is 131 Å². The largest absolute Gasteiger partial charge is 0.334 e. The van der Waals surface area contributed by atoms with Crippen LogP contribution in [0.3, 0.4) is 0 Å². The van der Waals surface area contributed by atoms with Gasteiger partial charge in [0.15, 0.2) is 5.54 Å². The Morgan fingerprint density at radius 3 is 1.62 bits per heavy atom. The fraction of sp³-hybridized carbons (Fsp3) is 0.929. The molecule has 232 valence electrons. The average Bonchev–Trinajstić information content (AvgIpc) is 2.92. The van der Waals surface area contributed by atoms with Crippen molar-refractivity contribution in [3.05, 3.63) is 0 Å². The van der Waals surface area contributed by atoms with Crippen LogP contribution in [0, 0.1) is 0 Å². The molecular weight excluding hydrogens is 570 g/mol. The van der Waals surface area contributed by atoms with E-state index in [0.717, 1.165) is 77.0 Å². The molecule has 0 radical (unpaired) electrons. The number of rotatable bonds is 24. The van der Waals surface area contributed by atoms with Crippen LogP contribution in [0.5, 0.6) is 0 Å². The van der Waals surface area contributed by atoms with Gasteiger partial charge in [-0.25, -0.2) is 8.42 Å². The highest BCUT2D eigenvalue weighted by molar-refractivity contribution is 8.70. The standard InChI is InChI=1S/C28H58N3O4PS3/c1-7-13-17-20-22-29(23-21-18-14-8-2)27(32)28(33)30(12-6)36(37,38-25-11-5)31(24-19-15-9-3)39(34,35)26-16-10-4/h7-26H2,1-6H3. The summed E-state index contributed by atoms with van der Waals surface area (Å²) in [5.41, 5.74) is -3.15. The Morgan fingerprint density at radius 2 is 1.15 bits per heavy atom. The van der Waals surface area contributed by atoms with Crippen LogP contribution in [0.25, 0.3) is 0 Å². The summed E-state index contributed by atoms with van der Waals surface area (Å²) in [6.07, 6.45) is 12.8. The van der Waals surface area contributed by atoms with Gasteiger partial charge >= 0.3 is 11.8 Å². The molecule has 1 atom stereocenters.